The number of halogens is 4. The molecule has 0 amide bonds. The molecule has 19 heavy (non-hydrogen) atoms. The smallest absolute Gasteiger partial charge is 0.379 e. The number of hydrogen-bond donors (Lipinski definition) is 2. The van der Waals surface area contributed by atoms with Crippen molar-refractivity contribution in [3.63, 3.8) is 0 Å². The molecule has 0 unspecified atom stereocenters. The maximum absolute atomic E-state index is 13.6. The number of phenols is 1. The van der Waals surface area contributed by atoms with E-state index in [0.29, 0.717) is 0 Å². The number of hydrogen-bond acceptors (Lipinski definition) is 4. The Morgan fingerprint density at radius 3 is 2.63 bits per heavy atom. The third-order valence-corrected chi connectivity index (χ3v) is 2.57. The van der Waals surface area contributed by atoms with Gasteiger partial charge in [-0.2, -0.15) is 8.78 Å². The van der Waals surface area contributed by atoms with Crippen molar-refractivity contribution >= 4 is 30.0 Å². The summed E-state index contributed by atoms with van der Waals surface area (Å²) in [6, 6.07) is 1.47. The van der Waals surface area contributed by atoms with Crippen LogP contribution in [0.5, 0.6) is 5.75 Å². The first-order chi connectivity index (χ1) is 8.30. The van der Waals surface area contributed by atoms with Gasteiger partial charge in [0, 0.05) is 0 Å². The van der Waals surface area contributed by atoms with E-state index in [1.54, 1.807) is 0 Å². The topological polar surface area (TPSA) is 72.5 Å². The normalized spacial score (nSPS) is 12.5. The molecule has 0 saturated carbocycles. The van der Waals surface area contributed by atoms with Crippen LogP contribution < -0.4 is 5.73 Å². The Bertz CT molecular complexity index is 458. The Hall–Kier alpha value is -1.11. The molecule has 0 radical (unpaired) electrons. The summed E-state index contributed by atoms with van der Waals surface area (Å²) in [5, 5.41) is 9.05. The molecule has 1 aromatic carbocycles. The maximum Gasteiger partial charge on any atom is 0.379 e. The largest absolute Gasteiger partial charge is 0.506 e. The predicted octanol–water partition coefficient (Wildman–Crippen LogP) is 2.67. The summed E-state index contributed by atoms with van der Waals surface area (Å²) < 4.78 is 31.5. The van der Waals surface area contributed by atoms with Crippen molar-refractivity contribution in [1.29, 1.82) is 0 Å². The second kappa shape index (κ2) is 6.88. The Labute approximate surface area is 119 Å². The number of ether oxygens (including phenoxy) is 1. The molecule has 1 rings (SSSR count). The van der Waals surface area contributed by atoms with Crippen LogP contribution in [0, 0.1) is 0 Å². The van der Waals surface area contributed by atoms with E-state index >= 15 is 0 Å². The first-order valence-corrected chi connectivity index (χ1v) is 5.47. The third-order valence-electron chi connectivity index (χ3n) is 2.27. The third kappa shape index (κ3) is 3.92. The molecule has 3 N–H and O–H groups in total. The maximum atomic E-state index is 13.6. The van der Waals surface area contributed by atoms with E-state index in [0.717, 1.165) is 12.1 Å². The van der Waals surface area contributed by atoms with Crippen LogP contribution in [0.3, 0.4) is 0 Å². The van der Waals surface area contributed by atoms with Crippen molar-refractivity contribution in [2.75, 3.05) is 6.61 Å². The molecule has 8 heteroatoms. The average molecular weight is 316 g/mol. The van der Waals surface area contributed by atoms with Crippen LogP contribution in [0.15, 0.2) is 18.2 Å². The second-order valence-corrected chi connectivity index (χ2v) is 3.94. The lowest BCUT2D eigenvalue weighted by molar-refractivity contribution is -0.174. The number of aromatic hydroxyl groups is 1. The number of carbonyl (C=O) groups is 1. The monoisotopic (exact) mass is 315 g/mol. The molecule has 0 spiro atoms. The van der Waals surface area contributed by atoms with Gasteiger partial charge in [0.05, 0.1) is 11.6 Å². The van der Waals surface area contributed by atoms with Crippen LogP contribution in [-0.4, -0.2) is 23.6 Å². The summed E-state index contributed by atoms with van der Waals surface area (Å²) in [5.41, 5.74) is 5.26. The quantitative estimate of drug-likeness (QED) is 0.838. The summed E-state index contributed by atoms with van der Waals surface area (Å²) >= 11 is 5.58. The highest BCUT2D eigenvalue weighted by Crippen LogP contribution is 2.34. The van der Waals surface area contributed by atoms with E-state index in [1.165, 1.54) is 13.0 Å². The number of esters is 1. The molecule has 0 aromatic heterocycles. The highest BCUT2D eigenvalue weighted by atomic mass is 35.5. The van der Waals surface area contributed by atoms with Gasteiger partial charge in [-0.25, -0.2) is 4.79 Å². The van der Waals surface area contributed by atoms with E-state index in [2.05, 4.69) is 4.74 Å². The summed E-state index contributed by atoms with van der Waals surface area (Å²) in [6.45, 7) is 1.24. The van der Waals surface area contributed by atoms with Gasteiger partial charge in [-0.3, -0.25) is 0 Å². The van der Waals surface area contributed by atoms with Crippen LogP contribution in [0.4, 0.5) is 8.78 Å². The van der Waals surface area contributed by atoms with E-state index in [4.69, 9.17) is 22.4 Å². The van der Waals surface area contributed by atoms with Gasteiger partial charge in [0.2, 0.25) is 0 Å². The second-order valence-electron chi connectivity index (χ2n) is 3.53. The molecule has 1 atom stereocenters. The molecule has 4 nitrogen and oxygen atoms in total. The van der Waals surface area contributed by atoms with Gasteiger partial charge >= 0.3 is 11.9 Å². The Morgan fingerprint density at radius 1 is 1.58 bits per heavy atom. The molecule has 0 aliphatic rings. The Morgan fingerprint density at radius 2 is 2.16 bits per heavy atom. The van der Waals surface area contributed by atoms with Crippen LogP contribution in [0.25, 0.3) is 0 Å². The predicted molar refractivity (Wildman–Crippen MR) is 68.9 cm³/mol. The van der Waals surface area contributed by atoms with Gasteiger partial charge in [0.15, 0.2) is 0 Å². The Kier molecular flexibility index (Phi) is 6.48. The highest BCUT2D eigenvalue weighted by Gasteiger charge is 2.47. The zero-order valence-corrected chi connectivity index (χ0v) is 11.5. The molecule has 0 heterocycles. The standard InChI is InChI=1S/C11H12ClF2NO3.ClH/c1-2-18-10(17)11(13,14)9(15)6-3-4-8(16)7(12)5-6;/h3-5,9,16H,2,15H2,1H3;1H/t9-;/m1./s1. The average Bonchev–Trinajstić information content (AvgIpc) is 2.32. The lowest BCUT2D eigenvalue weighted by Gasteiger charge is -2.22. The molecule has 0 aliphatic heterocycles. The minimum absolute atomic E-state index is 0. The molecule has 1 aromatic rings. The lowest BCUT2D eigenvalue weighted by atomic mass is 10.0. The van der Waals surface area contributed by atoms with E-state index < -0.39 is 17.9 Å². The van der Waals surface area contributed by atoms with Crippen molar-refractivity contribution in [2.45, 2.75) is 18.9 Å². The number of nitrogens with two attached hydrogens (primary N) is 1. The molecule has 0 aliphatic carbocycles. The van der Waals surface area contributed by atoms with Gasteiger partial charge in [-0.05, 0) is 24.6 Å². The number of benzene rings is 1. The zero-order valence-electron chi connectivity index (χ0n) is 9.90. The molecule has 0 fully saturated rings. The number of carbonyl (C=O) groups excluding carboxylic acids is 1. The first-order valence-electron chi connectivity index (χ1n) is 5.09. The van der Waals surface area contributed by atoms with Crippen LogP contribution >= 0.6 is 24.0 Å². The number of rotatable bonds is 4. The van der Waals surface area contributed by atoms with Crippen molar-refractivity contribution in [3.05, 3.63) is 28.8 Å². The fourth-order valence-electron chi connectivity index (χ4n) is 1.28. The van der Waals surface area contributed by atoms with Crippen molar-refractivity contribution in [2.24, 2.45) is 5.73 Å². The van der Waals surface area contributed by atoms with E-state index in [1.807, 2.05) is 0 Å². The number of alkyl halides is 2. The van der Waals surface area contributed by atoms with Gasteiger partial charge < -0.3 is 15.6 Å². The summed E-state index contributed by atoms with van der Waals surface area (Å²) in [7, 11) is 0. The SMILES string of the molecule is CCOC(=O)C(F)(F)[C@H](N)c1ccc(O)c(Cl)c1.Cl. The zero-order chi connectivity index (χ0) is 13.9. The van der Waals surface area contributed by atoms with Gasteiger partial charge in [0.1, 0.15) is 11.8 Å². The molecular formula is C11H13Cl2F2NO3. The van der Waals surface area contributed by atoms with E-state index in [9.17, 15) is 13.6 Å². The van der Waals surface area contributed by atoms with Crippen LogP contribution in [0.2, 0.25) is 5.02 Å². The molecule has 0 saturated heterocycles. The first kappa shape index (κ1) is 17.9. The molecular weight excluding hydrogens is 303 g/mol. The van der Waals surface area contributed by atoms with Crippen molar-refractivity contribution < 1.29 is 23.4 Å². The van der Waals surface area contributed by atoms with E-state index in [-0.39, 0.29) is 35.3 Å². The summed E-state index contributed by atoms with van der Waals surface area (Å²) in [6.07, 6.45) is 0. The minimum Gasteiger partial charge on any atom is -0.506 e. The summed E-state index contributed by atoms with van der Waals surface area (Å²) in [4.78, 5) is 11.1. The lowest BCUT2D eigenvalue weighted by Crippen LogP contribution is -2.41. The van der Waals surface area contributed by atoms with Gasteiger partial charge in [-0.15, -0.1) is 12.4 Å². The molecule has 108 valence electrons. The minimum atomic E-state index is -3.86. The molecule has 0 bridgehead atoms. The summed E-state index contributed by atoms with van der Waals surface area (Å²) in [5.74, 6) is -5.81. The Balaban J connectivity index is 0.00000324. The van der Waals surface area contributed by atoms with Crippen molar-refractivity contribution in [3.8, 4) is 5.75 Å². The fraction of sp³-hybridized carbons (Fsp3) is 0.364. The van der Waals surface area contributed by atoms with Crippen LogP contribution in [-0.2, 0) is 9.53 Å². The fourth-order valence-corrected chi connectivity index (χ4v) is 1.47. The van der Waals surface area contributed by atoms with Crippen LogP contribution in [0.1, 0.15) is 18.5 Å². The van der Waals surface area contributed by atoms with Gasteiger partial charge in [0.25, 0.3) is 0 Å². The number of phenolic OH excluding ortho intramolecular Hbond substituents is 1. The van der Waals surface area contributed by atoms with Gasteiger partial charge in [-0.1, -0.05) is 17.7 Å². The highest BCUT2D eigenvalue weighted by molar-refractivity contribution is 6.32. The van der Waals surface area contributed by atoms with Crippen molar-refractivity contribution in [1.82, 2.24) is 0 Å².